The molecule has 13 atom stereocenters. The normalized spacial score (nSPS) is 44.6. The summed E-state index contributed by atoms with van der Waals surface area (Å²) in [5.74, 6) is -5.02. The highest BCUT2D eigenvalue weighted by Gasteiger charge is 2.51. The summed E-state index contributed by atoms with van der Waals surface area (Å²) in [4.78, 5) is 26.0. The molecule has 258 valence electrons. The van der Waals surface area contributed by atoms with E-state index in [4.69, 9.17) is 14.2 Å². The fraction of sp³-hybridized carbons (Fsp3) is 0.818. The summed E-state index contributed by atoms with van der Waals surface area (Å²) >= 11 is 0. The van der Waals surface area contributed by atoms with Crippen molar-refractivity contribution < 1.29 is 59.5 Å². The summed E-state index contributed by atoms with van der Waals surface area (Å²) in [6, 6.07) is 0. The van der Waals surface area contributed by atoms with Gasteiger partial charge in [-0.3, -0.25) is 9.59 Å². The van der Waals surface area contributed by atoms with Gasteiger partial charge in [0, 0.05) is 12.3 Å². The van der Waals surface area contributed by atoms with E-state index in [1.54, 1.807) is 19.9 Å². The number of rotatable bonds is 3. The highest BCUT2D eigenvalue weighted by atomic mass is 16.7. The summed E-state index contributed by atoms with van der Waals surface area (Å²) in [6.07, 6.45) is -6.80. The number of aliphatic hydroxyl groups excluding tert-OH is 6. The largest absolute Gasteiger partial charge is 0.459 e. The maximum absolute atomic E-state index is 13.0. The van der Waals surface area contributed by atoms with Gasteiger partial charge >= 0.3 is 5.97 Å². The van der Waals surface area contributed by atoms with Gasteiger partial charge in [-0.15, -0.1) is 0 Å². The zero-order valence-corrected chi connectivity index (χ0v) is 27.0. The van der Waals surface area contributed by atoms with E-state index in [1.165, 1.54) is 6.92 Å². The smallest absolute Gasteiger partial charge is 0.311 e. The van der Waals surface area contributed by atoms with Gasteiger partial charge in [-0.05, 0) is 70.8 Å². The molecule has 12 nitrogen and oxygen atoms in total. The number of hydrogen-bond donors (Lipinski definition) is 7. The Labute approximate surface area is 265 Å². The number of unbranched alkanes of at least 4 members (excludes halogenated alkanes) is 1. The zero-order valence-electron chi connectivity index (χ0n) is 27.0. The number of ether oxygens (including phenoxy) is 3. The van der Waals surface area contributed by atoms with Crippen molar-refractivity contribution in [2.24, 2.45) is 11.8 Å². The molecule has 0 saturated carbocycles. The third-order valence-electron chi connectivity index (χ3n) is 9.43. The molecule has 0 aromatic rings. The Balaban J connectivity index is 1.82. The topological polar surface area (TPSA) is 207 Å². The maximum atomic E-state index is 13.0. The Bertz CT molecular complexity index is 1050. The molecule has 12 heteroatoms. The van der Waals surface area contributed by atoms with Crippen LogP contribution < -0.4 is 0 Å². The van der Waals surface area contributed by atoms with Gasteiger partial charge in [0.1, 0.15) is 36.3 Å². The Hall–Kier alpha value is -1.74. The number of ketones is 1. The highest BCUT2D eigenvalue weighted by molar-refractivity contribution is 5.83. The summed E-state index contributed by atoms with van der Waals surface area (Å²) < 4.78 is 17.0. The minimum atomic E-state index is -2.30. The number of carbonyl (C=O) groups is 2. The van der Waals surface area contributed by atoms with Gasteiger partial charge in [0.25, 0.3) is 0 Å². The molecule has 2 fully saturated rings. The Kier molecular flexibility index (Phi) is 13.7. The van der Waals surface area contributed by atoms with Gasteiger partial charge < -0.3 is 50.0 Å². The van der Waals surface area contributed by atoms with Crippen LogP contribution in [0.5, 0.6) is 0 Å². The second-order valence-corrected chi connectivity index (χ2v) is 13.3. The number of fused-ring (bicyclic) bond motifs is 3. The van der Waals surface area contributed by atoms with E-state index >= 15 is 0 Å². The molecule has 0 unspecified atom stereocenters. The quantitative estimate of drug-likeness (QED) is 0.132. The van der Waals surface area contributed by atoms with Gasteiger partial charge in [0.2, 0.25) is 5.79 Å². The van der Waals surface area contributed by atoms with Gasteiger partial charge in [-0.25, -0.2) is 0 Å². The molecule has 7 N–H and O–H groups in total. The van der Waals surface area contributed by atoms with E-state index in [1.807, 2.05) is 6.92 Å². The van der Waals surface area contributed by atoms with E-state index in [0.717, 1.165) is 6.42 Å². The molecule has 0 aromatic heterocycles. The first-order chi connectivity index (χ1) is 21.1. The number of epoxide rings is 1. The number of Topliss-reactive ketones (excluding diaryl/α,β-unsaturated/α-hetero) is 1. The molecule has 0 aliphatic carbocycles. The predicted molar refractivity (Wildman–Crippen MR) is 162 cm³/mol. The van der Waals surface area contributed by atoms with Crippen molar-refractivity contribution in [2.75, 3.05) is 0 Å². The van der Waals surface area contributed by atoms with Crippen molar-refractivity contribution in [1.82, 2.24) is 0 Å². The van der Waals surface area contributed by atoms with Crippen LogP contribution >= 0.6 is 0 Å². The molecular formula is C33H54O12. The van der Waals surface area contributed by atoms with Crippen molar-refractivity contribution in [3.05, 3.63) is 23.8 Å². The van der Waals surface area contributed by atoms with E-state index in [-0.39, 0.29) is 49.9 Å². The molecule has 0 spiro atoms. The lowest BCUT2D eigenvalue weighted by Crippen LogP contribution is -2.59. The van der Waals surface area contributed by atoms with Crippen LogP contribution in [0.2, 0.25) is 0 Å². The van der Waals surface area contributed by atoms with Crippen molar-refractivity contribution in [1.29, 1.82) is 0 Å². The van der Waals surface area contributed by atoms with Gasteiger partial charge in [-0.1, -0.05) is 38.5 Å². The maximum Gasteiger partial charge on any atom is 0.311 e. The van der Waals surface area contributed by atoms with Crippen molar-refractivity contribution in [3.8, 4) is 0 Å². The second kappa shape index (κ2) is 16.4. The van der Waals surface area contributed by atoms with Gasteiger partial charge in [-0.2, -0.15) is 0 Å². The van der Waals surface area contributed by atoms with Crippen LogP contribution in [0.15, 0.2) is 23.8 Å². The van der Waals surface area contributed by atoms with Crippen molar-refractivity contribution >= 4 is 11.8 Å². The van der Waals surface area contributed by atoms with E-state index in [9.17, 15) is 45.3 Å². The molecule has 0 radical (unpaired) electrons. The lowest BCUT2D eigenvalue weighted by Gasteiger charge is -2.44. The van der Waals surface area contributed by atoms with Crippen LogP contribution in [0, 0.1) is 11.8 Å². The van der Waals surface area contributed by atoms with Crippen LogP contribution in [-0.4, -0.2) is 114 Å². The SMILES string of the molecule is C=C1[C@H]2O[C@H]2[C@H](O)[C@H](C)C(=O)O[C@H](CCCC)[C@H](O)CC[C@@H](O)C[C@H]2CC[C@@H](O)[C@@](O)(O2)[C@H](O)C/C(C)=C/[C@H](C)C(=O)C[C@@H]1O. The molecule has 45 heavy (non-hydrogen) atoms. The molecule has 2 saturated heterocycles. The summed E-state index contributed by atoms with van der Waals surface area (Å²) in [6.45, 7) is 10.6. The zero-order chi connectivity index (χ0) is 33.6. The molecule has 0 amide bonds. The third-order valence-corrected chi connectivity index (χ3v) is 9.43. The number of cyclic esters (lactones) is 1. The number of allylic oxidation sites excluding steroid dienone is 1. The highest BCUT2D eigenvalue weighted by Crippen LogP contribution is 2.37. The van der Waals surface area contributed by atoms with Gasteiger partial charge in [0.15, 0.2) is 0 Å². The molecule has 0 aromatic carbocycles. The fourth-order valence-electron chi connectivity index (χ4n) is 6.23. The first-order valence-corrected chi connectivity index (χ1v) is 16.3. The van der Waals surface area contributed by atoms with Crippen LogP contribution in [0.25, 0.3) is 0 Å². The number of esters is 1. The molecule has 3 heterocycles. The van der Waals surface area contributed by atoms with Crippen LogP contribution in [0.3, 0.4) is 0 Å². The second-order valence-electron chi connectivity index (χ2n) is 13.3. The van der Waals surface area contributed by atoms with Crippen LogP contribution in [0.4, 0.5) is 0 Å². The van der Waals surface area contributed by atoms with Crippen molar-refractivity contribution in [2.45, 2.75) is 159 Å². The summed E-state index contributed by atoms with van der Waals surface area (Å²) in [5, 5.41) is 76.0. The minimum Gasteiger partial charge on any atom is -0.459 e. The first-order valence-electron chi connectivity index (χ1n) is 16.3. The van der Waals surface area contributed by atoms with E-state index < -0.39 is 84.6 Å². The predicted octanol–water partition coefficient (Wildman–Crippen LogP) is 1.20. The molecule has 3 aliphatic heterocycles. The van der Waals surface area contributed by atoms with Gasteiger partial charge in [0.05, 0.1) is 36.4 Å². The Morgan fingerprint density at radius 2 is 1.67 bits per heavy atom. The first kappa shape index (κ1) is 37.7. The lowest BCUT2D eigenvalue weighted by molar-refractivity contribution is -0.337. The fourth-order valence-corrected chi connectivity index (χ4v) is 6.23. The van der Waals surface area contributed by atoms with Crippen LogP contribution in [0.1, 0.15) is 91.9 Å². The Morgan fingerprint density at radius 3 is 2.33 bits per heavy atom. The monoisotopic (exact) mass is 642 g/mol. The molecule has 3 rings (SSSR count). The Morgan fingerprint density at radius 1 is 0.978 bits per heavy atom. The van der Waals surface area contributed by atoms with Crippen molar-refractivity contribution in [3.63, 3.8) is 0 Å². The summed E-state index contributed by atoms with van der Waals surface area (Å²) in [5.41, 5.74) is 0.750. The third kappa shape index (κ3) is 9.88. The minimum absolute atomic E-state index is 0.0770. The number of carbonyl (C=O) groups excluding carboxylic acids is 2. The van der Waals surface area contributed by atoms with E-state index in [0.29, 0.717) is 24.8 Å². The number of aliphatic hydroxyl groups is 7. The molecule has 2 bridgehead atoms. The molecule has 3 aliphatic rings. The van der Waals surface area contributed by atoms with Crippen LogP contribution in [-0.2, 0) is 23.8 Å². The average Bonchev–Trinajstić information content (AvgIpc) is 3.78. The lowest BCUT2D eigenvalue weighted by atomic mass is 9.88. The number of hydrogen-bond acceptors (Lipinski definition) is 12. The average molecular weight is 643 g/mol. The standard InChI is InChI=1S/C33H54O12/c1-6-7-8-26-23(35)11-9-21(34)15-22-10-12-27(38)33(42,45-22)28(39)14-17(2)13-18(3)24(36)16-25(37)19(4)30-31(44-30)29(40)20(5)32(41)43-26/h13,18,20-23,25-31,34-35,37-40,42H,4,6-12,14-16H2,1-3,5H3/b17-13+/t18-,20-,21+,22+,23+,25-,26+,27+,28+,29+,30+,31-,33+/m0/s1. The van der Waals surface area contributed by atoms with E-state index in [2.05, 4.69) is 6.58 Å². The molecular weight excluding hydrogens is 588 g/mol. The summed E-state index contributed by atoms with van der Waals surface area (Å²) in [7, 11) is 0.